The lowest BCUT2D eigenvalue weighted by Gasteiger charge is -2.38. The molecule has 5 aromatic carbocycles. The Kier molecular flexibility index (Phi) is 9.09. The van der Waals surface area contributed by atoms with Crippen molar-refractivity contribution in [3.63, 3.8) is 0 Å². The van der Waals surface area contributed by atoms with Crippen molar-refractivity contribution in [2.75, 3.05) is 5.32 Å². The number of nitrogens with zero attached hydrogens (tertiary/aromatic N) is 3. The van der Waals surface area contributed by atoms with E-state index in [0.717, 1.165) is 50.3 Å². The quantitative estimate of drug-likeness (QED) is 0.157. The van der Waals surface area contributed by atoms with Gasteiger partial charge in [-0.3, -0.25) is 9.59 Å². The predicted octanol–water partition coefficient (Wildman–Crippen LogP) is 9.77. The Morgan fingerprint density at radius 2 is 1.36 bits per heavy atom. The molecule has 248 valence electrons. The molecule has 6 heteroatoms. The normalized spacial score (nSPS) is 15.9. The van der Waals surface area contributed by atoms with Gasteiger partial charge in [-0.15, -0.1) is 0 Å². The molecule has 0 saturated carbocycles. The first-order valence-electron chi connectivity index (χ1n) is 17.1. The van der Waals surface area contributed by atoms with Crippen LogP contribution < -0.4 is 5.32 Å². The van der Waals surface area contributed by atoms with E-state index in [1.165, 1.54) is 0 Å². The summed E-state index contributed by atoms with van der Waals surface area (Å²) >= 11 is 0. The van der Waals surface area contributed by atoms with Crippen molar-refractivity contribution in [3.8, 4) is 0 Å². The Labute approximate surface area is 293 Å². The number of ketones is 1. The molecule has 3 atom stereocenters. The third-order valence-corrected chi connectivity index (χ3v) is 9.72. The summed E-state index contributed by atoms with van der Waals surface area (Å²) in [6.07, 6.45) is 1.89. The van der Waals surface area contributed by atoms with Crippen LogP contribution in [0.25, 0.3) is 0 Å². The van der Waals surface area contributed by atoms with Crippen LogP contribution in [0, 0.1) is 33.6 Å². The van der Waals surface area contributed by atoms with Crippen molar-refractivity contribution in [2.24, 2.45) is 10.9 Å². The highest BCUT2D eigenvalue weighted by Gasteiger charge is 2.43. The van der Waals surface area contributed by atoms with Gasteiger partial charge in [-0.2, -0.15) is 5.10 Å². The number of nitrogens with one attached hydrogen (secondary N) is 1. The fraction of sp³-hybridized carbons (Fsp3) is 0.182. The van der Waals surface area contributed by atoms with Gasteiger partial charge in [0.1, 0.15) is 5.56 Å². The van der Waals surface area contributed by atoms with Gasteiger partial charge in [0.05, 0.1) is 18.0 Å². The third-order valence-electron chi connectivity index (χ3n) is 9.72. The topological polar surface area (TPSA) is 76.3 Å². The van der Waals surface area contributed by atoms with Crippen LogP contribution in [-0.4, -0.2) is 27.2 Å². The number of rotatable bonds is 9. The molecule has 1 amide bonds. The molecule has 2 heterocycles. The fourth-order valence-electron chi connectivity index (χ4n) is 7.06. The Balaban J connectivity index is 1.42. The van der Waals surface area contributed by atoms with Crippen LogP contribution in [0.5, 0.6) is 0 Å². The summed E-state index contributed by atoms with van der Waals surface area (Å²) in [4.78, 5) is 33.5. The summed E-state index contributed by atoms with van der Waals surface area (Å²) in [5, 5.41) is 8.00. The van der Waals surface area contributed by atoms with Crippen LogP contribution in [0.4, 0.5) is 11.5 Å². The molecule has 0 fully saturated rings. The molecule has 0 spiro atoms. The van der Waals surface area contributed by atoms with Crippen LogP contribution in [0.1, 0.15) is 78.0 Å². The lowest BCUT2D eigenvalue weighted by molar-refractivity contribution is 0.0964. The smallest absolute Gasteiger partial charge is 0.261 e. The molecule has 1 aliphatic rings. The molecular formula is C44H40N4O2. The van der Waals surface area contributed by atoms with E-state index in [-0.39, 0.29) is 36.0 Å². The number of benzene rings is 5. The van der Waals surface area contributed by atoms with Crippen molar-refractivity contribution in [3.05, 3.63) is 184 Å². The highest BCUT2D eigenvalue weighted by atomic mass is 16.1. The molecule has 50 heavy (non-hydrogen) atoms. The minimum absolute atomic E-state index is 0.0636. The first-order chi connectivity index (χ1) is 24.3. The van der Waals surface area contributed by atoms with Gasteiger partial charge in [0.2, 0.25) is 0 Å². The van der Waals surface area contributed by atoms with Crippen LogP contribution in [0.15, 0.2) is 139 Å². The van der Waals surface area contributed by atoms with Crippen molar-refractivity contribution < 1.29 is 9.59 Å². The second-order valence-electron chi connectivity index (χ2n) is 13.4. The maximum absolute atomic E-state index is 14.2. The Bertz CT molecular complexity index is 2180. The van der Waals surface area contributed by atoms with Crippen LogP contribution in [0.3, 0.4) is 0 Å². The van der Waals surface area contributed by atoms with Gasteiger partial charge in [0, 0.05) is 29.5 Å². The van der Waals surface area contributed by atoms with Crippen molar-refractivity contribution in [1.82, 2.24) is 9.78 Å². The number of carbonyl (C=O) groups excluding carboxylic acids is 2. The highest BCUT2D eigenvalue weighted by molar-refractivity contribution is 6.11. The number of hydrogen-bond acceptors (Lipinski definition) is 4. The Morgan fingerprint density at radius 1 is 0.740 bits per heavy atom. The zero-order valence-corrected chi connectivity index (χ0v) is 28.8. The van der Waals surface area contributed by atoms with E-state index in [0.29, 0.717) is 16.9 Å². The van der Waals surface area contributed by atoms with Gasteiger partial charge >= 0.3 is 0 Å². The molecule has 1 aliphatic heterocycles. The average molecular weight is 657 g/mol. The third kappa shape index (κ3) is 6.57. The van der Waals surface area contributed by atoms with Gasteiger partial charge in [0.25, 0.3) is 5.91 Å². The number of anilines is 1. The standard InChI is InChI=1S/C44H40N4O2/c1-28-15-20-33(21-16-28)39(49)26-36(32-11-7-5-8-12-32)40-41(34-22-17-29(2)18-23-34)47-43-37(44(50)46-38-24-19-30(3)25-31(38)4)27-45-48(43)42(40)35-13-9-6-10-14-35/h5-25,27,36,40,42H,26H2,1-4H3,(H,46,50). The monoisotopic (exact) mass is 656 g/mol. The molecule has 0 radical (unpaired) electrons. The predicted molar refractivity (Wildman–Crippen MR) is 201 cm³/mol. The number of fused-ring (bicyclic) bond motifs is 1. The van der Waals surface area contributed by atoms with Crippen molar-refractivity contribution >= 4 is 28.9 Å². The molecular weight excluding hydrogens is 617 g/mol. The summed E-state index contributed by atoms with van der Waals surface area (Å²) < 4.78 is 1.89. The second kappa shape index (κ2) is 13.9. The molecule has 0 bridgehead atoms. The summed E-state index contributed by atoms with van der Waals surface area (Å²) in [7, 11) is 0. The molecule has 6 aromatic rings. The maximum Gasteiger partial charge on any atom is 0.261 e. The molecule has 0 saturated heterocycles. The number of aromatic nitrogens is 2. The van der Waals surface area contributed by atoms with E-state index in [1.807, 2.05) is 104 Å². The summed E-state index contributed by atoms with van der Waals surface area (Å²) in [6, 6.07) is 42.2. The van der Waals surface area contributed by atoms with Crippen molar-refractivity contribution in [2.45, 2.75) is 46.1 Å². The Morgan fingerprint density at radius 3 is 2.02 bits per heavy atom. The minimum Gasteiger partial charge on any atom is -0.322 e. The first kappa shape index (κ1) is 32.7. The molecule has 0 aliphatic carbocycles. The zero-order chi connectivity index (χ0) is 34.8. The van der Waals surface area contributed by atoms with Crippen LogP contribution in [-0.2, 0) is 0 Å². The van der Waals surface area contributed by atoms with Gasteiger partial charge in [-0.1, -0.05) is 138 Å². The van der Waals surface area contributed by atoms with E-state index in [4.69, 9.17) is 10.1 Å². The number of aliphatic imine (C=N–C) groups is 1. The Hall–Kier alpha value is -5.88. The molecule has 7 rings (SSSR count). The molecule has 6 nitrogen and oxygen atoms in total. The summed E-state index contributed by atoms with van der Waals surface area (Å²) in [5.74, 6) is -0.289. The lowest BCUT2D eigenvalue weighted by Crippen LogP contribution is -2.37. The largest absolute Gasteiger partial charge is 0.322 e. The SMILES string of the molecule is Cc1ccc(C(=O)CC(c2ccccc2)C2C(c3ccc(C)cc3)=Nc3c(C(=O)Nc4ccc(C)cc4C)cnn3C2c2ccccc2)cc1. The number of amides is 1. The highest BCUT2D eigenvalue weighted by Crippen LogP contribution is 2.47. The van der Waals surface area contributed by atoms with E-state index in [9.17, 15) is 9.59 Å². The molecule has 3 unspecified atom stereocenters. The number of carbonyl (C=O) groups is 2. The zero-order valence-electron chi connectivity index (χ0n) is 28.8. The van der Waals surface area contributed by atoms with Gasteiger partial charge in [-0.25, -0.2) is 9.67 Å². The average Bonchev–Trinajstić information content (AvgIpc) is 3.56. The molecule has 1 aromatic heterocycles. The number of aryl methyl sites for hydroxylation is 4. The van der Waals surface area contributed by atoms with E-state index in [2.05, 4.69) is 60.8 Å². The van der Waals surface area contributed by atoms with E-state index < -0.39 is 0 Å². The fourth-order valence-corrected chi connectivity index (χ4v) is 7.06. The van der Waals surface area contributed by atoms with E-state index >= 15 is 0 Å². The van der Waals surface area contributed by atoms with Crippen LogP contribution in [0.2, 0.25) is 0 Å². The lowest BCUT2D eigenvalue weighted by atomic mass is 9.71. The first-order valence-corrected chi connectivity index (χ1v) is 17.1. The number of hydrogen-bond donors (Lipinski definition) is 1. The number of Topliss-reactive ketones (excluding diaryl/α,β-unsaturated/α-hetero) is 1. The maximum atomic E-state index is 14.2. The minimum atomic E-state index is -0.362. The molecule has 1 N–H and O–H groups in total. The van der Waals surface area contributed by atoms with Crippen LogP contribution >= 0.6 is 0 Å². The summed E-state index contributed by atoms with van der Waals surface area (Å²) in [5.41, 5.74) is 9.99. The van der Waals surface area contributed by atoms with Gasteiger partial charge in [0.15, 0.2) is 11.6 Å². The van der Waals surface area contributed by atoms with E-state index in [1.54, 1.807) is 6.20 Å². The summed E-state index contributed by atoms with van der Waals surface area (Å²) in [6.45, 7) is 8.11. The van der Waals surface area contributed by atoms with Gasteiger partial charge < -0.3 is 5.32 Å². The second-order valence-corrected chi connectivity index (χ2v) is 13.4. The van der Waals surface area contributed by atoms with Crippen molar-refractivity contribution in [1.29, 1.82) is 0 Å². The van der Waals surface area contributed by atoms with Gasteiger partial charge in [-0.05, 0) is 56.0 Å².